The molecule has 0 heterocycles. The Morgan fingerprint density at radius 2 is 1.93 bits per heavy atom. The standard InChI is InChI=1S/C12H23NO/c1-9-6-11(7-9)13-8-10-4-2-3-5-12(10)14/h9-14H,2-8H2,1H3. The first-order chi connectivity index (χ1) is 6.75. The van der Waals surface area contributed by atoms with Gasteiger partial charge >= 0.3 is 0 Å². The molecule has 2 heteroatoms. The van der Waals surface area contributed by atoms with Gasteiger partial charge in [0.15, 0.2) is 0 Å². The van der Waals surface area contributed by atoms with Crippen molar-refractivity contribution in [3.8, 4) is 0 Å². The lowest BCUT2D eigenvalue weighted by atomic mass is 9.81. The Balaban J connectivity index is 1.64. The minimum atomic E-state index is -0.0336. The zero-order chi connectivity index (χ0) is 9.97. The monoisotopic (exact) mass is 197 g/mol. The average Bonchev–Trinajstić information content (AvgIpc) is 2.13. The molecule has 0 aromatic rings. The van der Waals surface area contributed by atoms with E-state index in [9.17, 15) is 5.11 Å². The molecule has 0 spiro atoms. The second kappa shape index (κ2) is 4.63. The molecule has 2 saturated carbocycles. The molecule has 0 bridgehead atoms. The summed E-state index contributed by atoms with van der Waals surface area (Å²) in [5.74, 6) is 1.45. The van der Waals surface area contributed by atoms with Crippen molar-refractivity contribution in [3.63, 3.8) is 0 Å². The highest BCUT2D eigenvalue weighted by Crippen LogP contribution is 2.28. The third kappa shape index (κ3) is 2.48. The highest BCUT2D eigenvalue weighted by Gasteiger charge is 2.28. The second-order valence-corrected chi connectivity index (χ2v) is 5.29. The second-order valence-electron chi connectivity index (χ2n) is 5.29. The predicted octanol–water partition coefficient (Wildman–Crippen LogP) is 1.93. The molecule has 0 amide bonds. The largest absolute Gasteiger partial charge is 0.393 e. The van der Waals surface area contributed by atoms with Gasteiger partial charge in [0.1, 0.15) is 0 Å². The van der Waals surface area contributed by atoms with Crippen LogP contribution in [0.5, 0.6) is 0 Å². The summed E-state index contributed by atoms with van der Waals surface area (Å²) in [6, 6.07) is 0.749. The fourth-order valence-electron chi connectivity index (χ4n) is 2.81. The van der Waals surface area contributed by atoms with E-state index in [2.05, 4.69) is 12.2 Å². The Bertz CT molecular complexity index is 177. The summed E-state index contributed by atoms with van der Waals surface area (Å²) in [5.41, 5.74) is 0. The molecule has 2 nitrogen and oxygen atoms in total. The molecule has 2 aliphatic carbocycles. The van der Waals surface area contributed by atoms with E-state index < -0.39 is 0 Å². The van der Waals surface area contributed by atoms with E-state index in [1.54, 1.807) is 0 Å². The van der Waals surface area contributed by atoms with Gasteiger partial charge in [0.05, 0.1) is 6.10 Å². The van der Waals surface area contributed by atoms with Crippen LogP contribution in [0.15, 0.2) is 0 Å². The Hall–Kier alpha value is -0.0800. The summed E-state index contributed by atoms with van der Waals surface area (Å²) in [4.78, 5) is 0. The molecule has 0 aromatic heterocycles. The van der Waals surface area contributed by atoms with E-state index in [4.69, 9.17) is 0 Å². The van der Waals surface area contributed by atoms with Gasteiger partial charge in [0.25, 0.3) is 0 Å². The molecule has 0 saturated heterocycles. The van der Waals surface area contributed by atoms with Gasteiger partial charge in [-0.15, -0.1) is 0 Å². The van der Waals surface area contributed by atoms with Crippen molar-refractivity contribution in [2.45, 2.75) is 57.6 Å². The van der Waals surface area contributed by atoms with E-state index in [0.717, 1.165) is 24.9 Å². The number of aliphatic hydroxyl groups excluding tert-OH is 1. The van der Waals surface area contributed by atoms with Crippen molar-refractivity contribution in [1.29, 1.82) is 0 Å². The molecule has 2 fully saturated rings. The van der Waals surface area contributed by atoms with Crippen molar-refractivity contribution in [3.05, 3.63) is 0 Å². The summed E-state index contributed by atoms with van der Waals surface area (Å²) >= 11 is 0. The summed E-state index contributed by atoms with van der Waals surface area (Å²) in [7, 11) is 0. The van der Waals surface area contributed by atoms with Gasteiger partial charge in [-0.2, -0.15) is 0 Å². The van der Waals surface area contributed by atoms with Crippen LogP contribution in [0.25, 0.3) is 0 Å². The molecule has 0 aliphatic heterocycles. The van der Waals surface area contributed by atoms with E-state index in [0.29, 0.717) is 5.92 Å². The van der Waals surface area contributed by atoms with Gasteiger partial charge in [0, 0.05) is 12.6 Å². The predicted molar refractivity (Wildman–Crippen MR) is 58.2 cm³/mol. The molecule has 0 radical (unpaired) electrons. The number of hydrogen-bond acceptors (Lipinski definition) is 2. The van der Waals surface area contributed by atoms with E-state index in [1.165, 1.54) is 32.1 Å². The molecule has 2 unspecified atom stereocenters. The van der Waals surface area contributed by atoms with Crippen molar-refractivity contribution < 1.29 is 5.11 Å². The fraction of sp³-hybridized carbons (Fsp3) is 1.00. The Kier molecular flexibility index (Phi) is 3.45. The summed E-state index contributed by atoms with van der Waals surface area (Å²) in [6.45, 7) is 3.35. The molecular formula is C12H23NO. The minimum Gasteiger partial charge on any atom is -0.393 e. The van der Waals surface area contributed by atoms with Crippen molar-refractivity contribution in [1.82, 2.24) is 5.32 Å². The number of rotatable bonds is 3. The SMILES string of the molecule is CC1CC(NCC2CCCCC2O)C1. The van der Waals surface area contributed by atoms with Crippen LogP contribution in [0.3, 0.4) is 0 Å². The highest BCUT2D eigenvalue weighted by molar-refractivity contribution is 4.84. The third-order valence-electron chi connectivity index (χ3n) is 3.91. The number of hydrogen-bond donors (Lipinski definition) is 2. The molecule has 14 heavy (non-hydrogen) atoms. The van der Waals surface area contributed by atoms with Crippen LogP contribution in [0.1, 0.15) is 45.4 Å². The third-order valence-corrected chi connectivity index (χ3v) is 3.91. The molecule has 82 valence electrons. The quantitative estimate of drug-likeness (QED) is 0.724. The van der Waals surface area contributed by atoms with Crippen molar-refractivity contribution >= 4 is 0 Å². The average molecular weight is 197 g/mol. The van der Waals surface area contributed by atoms with Crippen LogP contribution in [0.4, 0.5) is 0 Å². The summed E-state index contributed by atoms with van der Waals surface area (Å²) in [6.07, 6.45) is 7.41. The lowest BCUT2D eigenvalue weighted by Gasteiger charge is -2.36. The fourth-order valence-corrected chi connectivity index (χ4v) is 2.81. The maximum absolute atomic E-state index is 9.78. The first-order valence-corrected chi connectivity index (χ1v) is 6.17. The topological polar surface area (TPSA) is 32.3 Å². The molecule has 2 atom stereocenters. The minimum absolute atomic E-state index is 0.0336. The van der Waals surface area contributed by atoms with Crippen LogP contribution in [-0.4, -0.2) is 23.8 Å². The normalized spacial score (nSPS) is 43.3. The first-order valence-electron chi connectivity index (χ1n) is 6.17. The van der Waals surface area contributed by atoms with Gasteiger partial charge in [-0.1, -0.05) is 19.8 Å². The zero-order valence-electron chi connectivity index (χ0n) is 9.21. The zero-order valence-corrected chi connectivity index (χ0v) is 9.21. The van der Waals surface area contributed by atoms with Crippen molar-refractivity contribution in [2.24, 2.45) is 11.8 Å². The van der Waals surface area contributed by atoms with Gasteiger partial charge < -0.3 is 10.4 Å². The van der Waals surface area contributed by atoms with Crippen molar-refractivity contribution in [2.75, 3.05) is 6.54 Å². The smallest absolute Gasteiger partial charge is 0.0580 e. The lowest BCUT2D eigenvalue weighted by Crippen LogP contribution is -2.44. The number of aliphatic hydroxyl groups is 1. The van der Waals surface area contributed by atoms with Gasteiger partial charge in [-0.05, 0) is 37.5 Å². The van der Waals surface area contributed by atoms with Crippen LogP contribution in [-0.2, 0) is 0 Å². The molecule has 2 N–H and O–H groups in total. The summed E-state index contributed by atoms with van der Waals surface area (Å²) < 4.78 is 0. The van der Waals surface area contributed by atoms with Gasteiger partial charge in [-0.25, -0.2) is 0 Å². The Morgan fingerprint density at radius 3 is 2.57 bits per heavy atom. The maximum atomic E-state index is 9.78. The summed E-state index contributed by atoms with van der Waals surface area (Å²) in [5, 5.41) is 13.4. The first kappa shape index (κ1) is 10.4. The van der Waals surface area contributed by atoms with Crippen LogP contribution >= 0.6 is 0 Å². The van der Waals surface area contributed by atoms with Gasteiger partial charge in [0.2, 0.25) is 0 Å². The number of nitrogens with one attached hydrogen (secondary N) is 1. The molecular weight excluding hydrogens is 174 g/mol. The van der Waals surface area contributed by atoms with Crippen LogP contribution < -0.4 is 5.32 Å². The molecule has 2 aliphatic rings. The van der Waals surface area contributed by atoms with Crippen LogP contribution in [0, 0.1) is 11.8 Å². The Labute approximate surface area is 87.1 Å². The van der Waals surface area contributed by atoms with Gasteiger partial charge in [-0.3, -0.25) is 0 Å². The van der Waals surface area contributed by atoms with E-state index >= 15 is 0 Å². The molecule has 0 aromatic carbocycles. The van der Waals surface area contributed by atoms with E-state index in [-0.39, 0.29) is 6.10 Å². The maximum Gasteiger partial charge on any atom is 0.0580 e. The van der Waals surface area contributed by atoms with Crippen LogP contribution in [0.2, 0.25) is 0 Å². The van der Waals surface area contributed by atoms with E-state index in [1.807, 2.05) is 0 Å². The molecule has 2 rings (SSSR count). The lowest BCUT2D eigenvalue weighted by molar-refractivity contribution is 0.0644. The Morgan fingerprint density at radius 1 is 1.21 bits per heavy atom. The highest BCUT2D eigenvalue weighted by atomic mass is 16.3.